The van der Waals surface area contributed by atoms with Gasteiger partial charge in [0.15, 0.2) is 0 Å². The quantitative estimate of drug-likeness (QED) is 0.591. The molecule has 78 valence electrons. The minimum Gasteiger partial charge on any atom is -0.378 e. The predicted octanol–water partition coefficient (Wildman–Crippen LogP) is 1.35. The van der Waals surface area contributed by atoms with E-state index in [0.717, 1.165) is 25.9 Å². The van der Waals surface area contributed by atoms with Crippen LogP contribution in [0.2, 0.25) is 0 Å². The van der Waals surface area contributed by atoms with Crippen molar-refractivity contribution in [3.05, 3.63) is 11.6 Å². The smallest absolute Gasteiger partial charge is 0.246 e. The van der Waals surface area contributed by atoms with Crippen molar-refractivity contribution < 1.29 is 9.53 Å². The summed E-state index contributed by atoms with van der Waals surface area (Å²) < 4.78 is 5.21. The molecule has 2 fully saturated rings. The Hall–Kier alpha value is -0.830. The number of amides is 1. The van der Waals surface area contributed by atoms with E-state index in [-0.39, 0.29) is 5.91 Å². The topological polar surface area (TPSA) is 29.5 Å². The van der Waals surface area contributed by atoms with Gasteiger partial charge in [-0.15, -0.1) is 0 Å². The molecule has 1 saturated carbocycles. The van der Waals surface area contributed by atoms with Crippen LogP contribution in [0.1, 0.15) is 25.7 Å². The second-order valence-electron chi connectivity index (χ2n) is 3.95. The lowest BCUT2D eigenvalue weighted by Crippen LogP contribution is -2.39. The first-order valence-electron chi connectivity index (χ1n) is 5.42. The number of allylic oxidation sites excluding steroid dienone is 1. The van der Waals surface area contributed by atoms with Gasteiger partial charge in [-0.2, -0.15) is 0 Å². The van der Waals surface area contributed by atoms with Crippen molar-refractivity contribution in [1.82, 2.24) is 4.90 Å². The maximum absolute atomic E-state index is 11.7. The standard InChI is InChI=1S/C11H17NO2/c13-11(9-10-3-1-2-4-10)12-5-7-14-8-6-12/h9H,1-8H2. The molecule has 0 unspecified atom stereocenters. The van der Waals surface area contributed by atoms with Gasteiger partial charge in [0.1, 0.15) is 0 Å². The highest BCUT2D eigenvalue weighted by Gasteiger charge is 2.16. The SMILES string of the molecule is O=C(C=C1CCCC1)N1CCOCC1. The van der Waals surface area contributed by atoms with Crippen LogP contribution in [-0.4, -0.2) is 37.1 Å². The Bertz CT molecular complexity index is 234. The Morgan fingerprint density at radius 2 is 1.86 bits per heavy atom. The second-order valence-corrected chi connectivity index (χ2v) is 3.95. The highest BCUT2D eigenvalue weighted by atomic mass is 16.5. The average molecular weight is 195 g/mol. The zero-order valence-corrected chi connectivity index (χ0v) is 8.50. The Kier molecular flexibility index (Phi) is 3.19. The van der Waals surface area contributed by atoms with Crippen molar-refractivity contribution in [2.75, 3.05) is 26.3 Å². The minimum atomic E-state index is 0.185. The molecule has 2 rings (SSSR count). The third kappa shape index (κ3) is 2.35. The molecule has 1 aliphatic carbocycles. The van der Waals surface area contributed by atoms with Gasteiger partial charge in [-0.05, 0) is 25.7 Å². The molecular formula is C11H17NO2. The number of rotatable bonds is 1. The Labute approximate surface area is 84.7 Å². The highest BCUT2D eigenvalue weighted by Crippen LogP contribution is 2.23. The van der Waals surface area contributed by atoms with Crippen molar-refractivity contribution in [1.29, 1.82) is 0 Å². The maximum atomic E-state index is 11.7. The first-order valence-corrected chi connectivity index (χ1v) is 5.42. The van der Waals surface area contributed by atoms with Crippen LogP contribution in [0.4, 0.5) is 0 Å². The molecule has 14 heavy (non-hydrogen) atoms. The largest absolute Gasteiger partial charge is 0.378 e. The van der Waals surface area contributed by atoms with Gasteiger partial charge in [0.2, 0.25) is 5.91 Å². The van der Waals surface area contributed by atoms with Crippen molar-refractivity contribution in [3.63, 3.8) is 0 Å². The van der Waals surface area contributed by atoms with Gasteiger partial charge in [0.25, 0.3) is 0 Å². The molecule has 0 atom stereocenters. The molecule has 1 aliphatic heterocycles. The van der Waals surface area contributed by atoms with Crippen molar-refractivity contribution in [2.45, 2.75) is 25.7 Å². The lowest BCUT2D eigenvalue weighted by molar-refractivity contribution is -0.130. The normalized spacial score (nSPS) is 22.6. The molecule has 0 N–H and O–H groups in total. The van der Waals surface area contributed by atoms with Gasteiger partial charge in [-0.1, -0.05) is 5.57 Å². The lowest BCUT2D eigenvalue weighted by Gasteiger charge is -2.25. The molecular weight excluding hydrogens is 178 g/mol. The number of ether oxygens (including phenoxy) is 1. The minimum absolute atomic E-state index is 0.185. The molecule has 0 bridgehead atoms. The third-order valence-corrected chi connectivity index (χ3v) is 2.90. The van der Waals surface area contributed by atoms with E-state index < -0.39 is 0 Å². The van der Waals surface area contributed by atoms with Crippen LogP contribution in [0.15, 0.2) is 11.6 Å². The molecule has 3 heteroatoms. The molecule has 0 aromatic heterocycles. The first kappa shape index (κ1) is 9.71. The Morgan fingerprint density at radius 1 is 1.21 bits per heavy atom. The van der Waals surface area contributed by atoms with E-state index in [1.807, 2.05) is 11.0 Å². The number of hydrogen-bond acceptors (Lipinski definition) is 2. The fourth-order valence-electron chi connectivity index (χ4n) is 2.02. The molecule has 0 aromatic rings. The van der Waals surface area contributed by atoms with Crippen LogP contribution in [0, 0.1) is 0 Å². The molecule has 0 radical (unpaired) electrons. The van der Waals surface area contributed by atoms with E-state index in [9.17, 15) is 4.79 Å². The fourth-order valence-corrected chi connectivity index (χ4v) is 2.02. The van der Waals surface area contributed by atoms with Gasteiger partial charge in [-0.25, -0.2) is 0 Å². The van der Waals surface area contributed by atoms with Gasteiger partial charge in [0, 0.05) is 19.2 Å². The van der Waals surface area contributed by atoms with Gasteiger partial charge >= 0.3 is 0 Å². The zero-order chi connectivity index (χ0) is 9.80. The van der Waals surface area contributed by atoms with E-state index in [1.165, 1.54) is 18.4 Å². The lowest BCUT2D eigenvalue weighted by atomic mass is 10.2. The summed E-state index contributed by atoms with van der Waals surface area (Å²) in [5.74, 6) is 0.185. The van der Waals surface area contributed by atoms with Crippen molar-refractivity contribution in [3.8, 4) is 0 Å². The highest BCUT2D eigenvalue weighted by molar-refractivity contribution is 5.88. The van der Waals surface area contributed by atoms with E-state index in [2.05, 4.69) is 0 Å². The van der Waals surface area contributed by atoms with Crippen LogP contribution in [0.5, 0.6) is 0 Å². The van der Waals surface area contributed by atoms with E-state index in [4.69, 9.17) is 4.74 Å². The monoisotopic (exact) mass is 195 g/mol. The predicted molar refractivity (Wildman–Crippen MR) is 54.0 cm³/mol. The van der Waals surface area contributed by atoms with E-state index in [1.54, 1.807) is 0 Å². The first-order chi connectivity index (χ1) is 6.86. The number of carbonyl (C=O) groups is 1. The van der Waals surface area contributed by atoms with Crippen LogP contribution in [-0.2, 0) is 9.53 Å². The molecule has 3 nitrogen and oxygen atoms in total. The number of carbonyl (C=O) groups excluding carboxylic acids is 1. The molecule has 1 amide bonds. The summed E-state index contributed by atoms with van der Waals surface area (Å²) >= 11 is 0. The summed E-state index contributed by atoms with van der Waals surface area (Å²) in [6.45, 7) is 2.88. The molecule has 1 heterocycles. The number of nitrogens with zero attached hydrogens (tertiary/aromatic N) is 1. The number of morpholine rings is 1. The molecule has 2 aliphatic rings. The average Bonchev–Trinajstić information content (AvgIpc) is 2.72. The summed E-state index contributed by atoms with van der Waals surface area (Å²) in [6, 6.07) is 0. The van der Waals surface area contributed by atoms with E-state index in [0.29, 0.717) is 13.2 Å². The van der Waals surface area contributed by atoms with Crippen LogP contribution < -0.4 is 0 Å². The maximum Gasteiger partial charge on any atom is 0.246 e. The second kappa shape index (κ2) is 4.60. The van der Waals surface area contributed by atoms with Crippen LogP contribution in [0.25, 0.3) is 0 Å². The Morgan fingerprint density at radius 3 is 2.50 bits per heavy atom. The summed E-state index contributed by atoms with van der Waals surface area (Å²) in [6.07, 6.45) is 6.59. The summed E-state index contributed by atoms with van der Waals surface area (Å²) in [7, 11) is 0. The molecule has 0 aromatic carbocycles. The van der Waals surface area contributed by atoms with Crippen molar-refractivity contribution in [2.24, 2.45) is 0 Å². The number of hydrogen-bond donors (Lipinski definition) is 0. The molecule has 1 saturated heterocycles. The fraction of sp³-hybridized carbons (Fsp3) is 0.727. The van der Waals surface area contributed by atoms with Gasteiger partial charge < -0.3 is 9.64 Å². The van der Waals surface area contributed by atoms with Crippen LogP contribution in [0.3, 0.4) is 0 Å². The zero-order valence-electron chi connectivity index (χ0n) is 8.50. The van der Waals surface area contributed by atoms with E-state index >= 15 is 0 Å². The van der Waals surface area contributed by atoms with Crippen LogP contribution >= 0.6 is 0 Å². The summed E-state index contributed by atoms with van der Waals surface area (Å²) in [5, 5.41) is 0. The van der Waals surface area contributed by atoms with Gasteiger partial charge in [0.05, 0.1) is 13.2 Å². The Balaban J connectivity index is 1.90. The van der Waals surface area contributed by atoms with Gasteiger partial charge in [-0.3, -0.25) is 4.79 Å². The van der Waals surface area contributed by atoms with Crippen molar-refractivity contribution >= 4 is 5.91 Å². The summed E-state index contributed by atoms with van der Waals surface area (Å²) in [4.78, 5) is 13.6. The molecule has 0 spiro atoms. The summed E-state index contributed by atoms with van der Waals surface area (Å²) in [5.41, 5.74) is 1.33. The third-order valence-electron chi connectivity index (χ3n) is 2.90.